The van der Waals surface area contributed by atoms with Crippen molar-refractivity contribution in [3.8, 4) is 0 Å². The molecule has 0 aliphatic heterocycles. The summed E-state index contributed by atoms with van der Waals surface area (Å²) in [5, 5.41) is 1.57. The highest BCUT2D eigenvalue weighted by atomic mass is 32.1. The Morgan fingerprint density at radius 1 is 1.57 bits per heavy atom. The summed E-state index contributed by atoms with van der Waals surface area (Å²) in [5.74, 6) is -0.683. The highest BCUT2D eigenvalue weighted by molar-refractivity contribution is 7.12. The van der Waals surface area contributed by atoms with Crippen molar-refractivity contribution < 1.29 is 9.18 Å². The van der Waals surface area contributed by atoms with Crippen LogP contribution in [0.15, 0.2) is 23.2 Å². The molecule has 0 aliphatic carbocycles. The van der Waals surface area contributed by atoms with Crippen LogP contribution in [0.5, 0.6) is 0 Å². The van der Waals surface area contributed by atoms with Crippen LogP contribution in [-0.2, 0) is 0 Å². The molecule has 0 atom stereocenters. The Morgan fingerprint density at radius 2 is 2.21 bits per heavy atom. The SMILES string of the molecule is CC(=CN(C)C)C(=O)c1sccc1F. The molecule has 0 aromatic carbocycles. The maximum atomic E-state index is 13.0. The van der Waals surface area contributed by atoms with Crippen LogP contribution in [0.1, 0.15) is 16.6 Å². The summed E-state index contributed by atoms with van der Waals surface area (Å²) < 4.78 is 13.0. The van der Waals surface area contributed by atoms with E-state index in [4.69, 9.17) is 0 Å². The van der Waals surface area contributed by atoms with Gasteiger partial charge in [-0.2, -0.15) is 0 Å². The lowest BCUT2D eigenvalue weighted by molar-refractivity contribution is 0.103. The van der Waals surface area contributed by atoms with Crippen LogP contribution in [0.2, 0.25) is 0 Å². The van der Waals surface area contributed by atoms with E-state index in [2.05, 4.69) is 0 Å². The van der Waals surface area contributed by atoms with Crippen LogP contribution >= 0.6 is 11.3 Å². The standard InChI is InChI=1S/C10H12FNOS/c1-7(6-12(2)3)9(13)10-8(11)4-5-14-10/h4-6H,1-3H3. The smallest absolute Gasteiger partial charge is 0.203 e. The lowest BCUT2D eigenvalue weighted by Crippen LogP contribution is -2.07. The summed E-state index contributed by atoms with van der Waals surface area (Å²) in [5.41, 5.74) is 0.538. The van der Waals surface area contributed by atoms with E-state index in [-0.39, 0.29) is 10.7 Å². The molecule has 0 fully saturated rings. The topological polar surface area (TPSA) is 20.3 Å². The van der Waals surface area contributed by atoms with E-state index in [9.17, 15) is 9.18 Å². The third kappa shape index (κ3) is 2.42. The number of carbonyl (C=O) groups is 1. The number of hydrogen-bond donors (Lipinski definition) is 0. The predicted molar refractivity (Wildman–Crippen MR) is 56.1 cm³/mol. The van der Waals surface area contributed by atoms with Gasteiger partial charge >= 0.3 is 0 Å². The Balaban J connectivity index is 2.92. The highest BCUT2D eigenvalue weighted by Gasteiger charge is 2.14. The number of allylic oxidation sites excluding steroid dienone is 1. The number of carbonyl (C=O) groups excluding carboxylic acids is 1. The van der Waals surface area contributed by atoms with Crippen molar-refractivity contribution in [2.45, 2.75) is 6.92 Å². The second-order valence-electron chi connectivity index (χ2n) is 3.20. The first-order chi connectivity index (χ1) is 6.52. The number of Topliss-reactive ketones (excluding diaryl/α,β-unsaturated/α-hetero) is 1. The Bertz CT molecular complexity index is 368. The largest absolute Gasteiger partial charge is 0.383 e. The van der Waals surface area contributed by atoms with Gasteiger partial charge in [0.15, 0.2) is 0 Å². The summed E-state index contributed by atoms with van der Waals surface area (Å²) >= 11 is 1.13. The number of hydrogen-bond acceptors (Lipinski definition) is 3. The average molecular weight is 213 g/mol. The van der Waals surface area contributed by atoms with E-state index < -0.39 is 5.82 Å². The van der Waals surface area contributed by atoms with Gasteiger partial charge in [-0.25, -0.2) is 4.39 Å². The zero-order valence-electron chi connectivity index (χ0n) is 8.37. The van der Waals surface area contributed by atoms with Gasteiger partial charge in [0.05, 0.1) is 0 Å². The van der Waals surface area contributed by atoms with E-state index in [0.29, 0.717) is 5.57 Å². The molecule has 4 heteroatoms. The van der Waals surface area contributed by atoms with Crippen molar-refractivity contribution in [1.82, 2.24) is 4.90 Å². The van der Waals surface area contributed by atoms with E-state index in [1.165, 1.54) is 6.07 Å². The van der Waals surface area contributed by atoms with E-state index in [0.717, 1.165) is 11.3 Å². The molecule has 0 radical (unpaired) electrons. The molecule has 0 aliphatic rings. The van der Waals surface area contributed by atoms with E-state index >= 15 is 0 Å². The van der Waals surface area contributed by atoms with Crippen molar-refractivity contribution in [1.29, 1.82) is 0 Å². The molecule has 0 amide bonds. The van der Waals surface area contributed by atoms with Gasteiger partial charge in [-0.15, -0.1) is 11.3 Å². The number of ketones is 1. The zero-order valence-corrected chi connectivity index (χ0v) is 9.19. The van der Waals surface area contributed by atoms with E-state index in [1.54, 1.807) is 23.4 Å². The fourth-order valence-electron chi connectivity index (χ4n) is 1.08. The quantitative estimate of drug-likeness (QED) is 0.568. The Morgan fingerprint density at radius 3 is 2.64 bits per heavy atom. The van der Waals surface area contributed by atoms with Crippen molar-refractivity contribution in [2.75, 3.05) is 14.1 Å². The summed E-state index contributed by atoms with van der Waals surface area (Å²) in [6.07, 6.45) is 1.68. The first-order valence-corrected chi connectivity index (χ1v) is 5.03. The molecule has 0 unspecified atom stereocenters. The molecule has 0 N–H and O–H groups in total. The fourth-order valence-corrected chi connectivity index (χ4v) is 1.85. The van der Waals surface area contributed by atoms with Crippen molar-refractivity contribution in [3.63, 3.8) is 0 Å². The Kier molecular flexibility index (Phi) is 3.41. The fraction of sp³-hybridized carbons (Fsp3) is 0.300. The zero-order chi connectivity index (χ0) is 10.7. The normalized spacial score (nSPS) is 11.6. The second kappa shape index (κ2) is 4.37. The van der Waals surface area contributed by atoms with Gasteiger partial charge in [-0.1, -0.05) is 0 Å². The lowest BCUT2D eigenvalue weighted by atomic mass is 10.2. The first kappa shape index (κ1) is 10.9. The maximum Gasteiger partial charge on any atom is 0.203 e. The molecule has 1 heterocycles. The molecule has 0 bridgehead atoms. The minimum absolute atomic E-state index is 0.181. The van der Waals surface area contributed by atoms with Crippen LogP contribution in [-0.4, -0.2) is 24.8 Å². The highest BCUT2D eigenvalue weighted by Crippen LogP contribution is 2.18. The molecule has 1 aromatic heterocycles. The van der Waals surface area contributed by atoms with Crippen molar-refractivity contribution in [3.05, 3.63) is 33.9 Å². The summed E-state index contributed by atoms with van der Waals surface area (Å²) in [6.45, 7) is 1.68. The Hall–Kier alpha value is -1.16. The molecule has 0 saturated heterocycles. The van der Waals surface area contributed by atoms with Crippen LogP contribution in [0.3, 0.4) is 0 Å². The summed E-state index contributed by atoms with van der Waals surface area (Å²) in [6, 6.07) is 1.31. The van der Waals surface area contributed by atoms with Crippen LogP contribution in [0.4, 0.5) is 4.39 Å². The molecule has 2 nitrogen and oxygen atoms in total. The average Bonchev–Trinajstić information content (AvgIpc) is 2.48. The van der Waals surface area contributed by atoms with Gasteiger partial charge < -0.3 is 4.90 Å². The summed E-state index contributed by atoms with van der Waals surface area (Å²) in [7, 11) is 3.64. The van der Waals surface area contributed by atoms with Gasteiger partial charge in [0, 0.05) is 25.9 Å². The third-order valence-electron chi connectivity index (χ3n) is 1.63. The molecule has 76 valence electrons. The van der Waals surface area contributed by atoms with Gasteiger partial charge in [-0.05, 0) is 18.4 Å². The van der Waals surface area contributed by atoms with Gasteiger partial charge in [0.1, 0.15) is 10.7 Å². The number of thiophene rings is 1. The van der Waals surface area contributed by atoms with Crippen molar-refractivity contribution in [2.24, 2.45) is 0 Å². The second-order valence-corrected chi connectivity index (χ2v) is 4.12. The van der Waals surface area contributed by atoms with Gasteiger partial charge in [0.2, 0.25) is 5.78 Å². The van der Waals surface area contributed by atoms with Crippen molar-refractivity contribution >= 4 is 17.1 Å². The number of halogens is 1. The summed E-state index contributed by atoms with van der Waals surface area (Å²) in [4.78, 5) is 13.6. The minimum Gasteiger partial charge on any atom is -0.383 e. The maximum absolute atomic E-state index is 13.0. The third-order valence-corrected chi connectivity index (χ3v) is 2.52. The minimum atomic E-state index is -0.438. The van der Waals surface area contributed by atoms with Crippen LogP contribution in [0.25, 0.3) is 0 Å². The molecule has 0 saturated carbocycles. The van der Waals surface area contributed by atoms with Crippen LogP contribution in [0, 0.1) is 5.82 Å². The molecule has 1 aromatic rings. The lowest BCUT2D eigenvalue weighted by Gasteiger charge is -2.06. The molecule has 14 heavy (non-hydrogen) atoms. The predicted octanol–water partition coefficient (Wildman–Crippen LogP) is 2.54. The van der Waals surface area contributed by atoms with E-state index in [1.807, 2.05) is 14.1 Å². The number of rotatable bonds is 3. The monoisotopic (exact) mass is 213 g/mol. The molecule has 1 rings (SSSR count). The molecular weight excluding hydrogens is 201 g/mol. The molecule has 0 spiro atoms. The van der Waals surface area contributed by atoms with Gasteiger partial charge in [-0.3, -0.25) is 4.79 Å². The molecular formula is C10H12FNOS. The van der Waals surface area contributed by atoms with Gasteiger partial charge in [0.25, 0.3) is 0 Å². The van der Waals surface area contributed by atoms with Crippen LogP contribution < -0.4 is 0 Å². The number of nitrogens with zero attached hydrogens (tertiary/aromatic N) is 1. The Labute approximate surface area is 86.7 Å². The first-order valence-electron chi connectivity index (χ1n) is 4.15.